The number of carbonyl (C=O) groups excluding carboxylic acids is 3. The molecule has 27 heavy (non-hydrogen) atoms. The third kappa shape index (κ3) is 2.38. The van der Waals surface area contributed by atoms with Gasteiger partial charge in [0.2, 0.25) is 0 Å². The minimum Gasteiger partial charge on any atom is -0.446 e. The summed E-state index contributed by atoms with van der Waals surface area (Å²) in [6, 6.07) is 0. The maximum Gasteiger partial charge on any atom is 0.303 e. The first-order chi connectivity index (χ1) is 12.7. The molecule has 4 heteroatoms. The second-order valence-electron chi connectivity index (χ2n) is 9.06. The number of allylic oxidation sites excluding steroid dienone is 4. The summed E-state index contributed by atoms with van der Waals surface area (Å²) >= 11 is 0. The van der Waals surface area contributed by atoms with E-state index in [0.717, 1.165) is 24.8 Å². The van der Waals surface area contributed by atoms with Gasteiger partial charge in [-0.25, -0.2) is 0 Å². The molecular weight excluding hydrogens is 340 g/mol. The summed E-state index contributed by atoms with van der Waals surface area (Å²) in [5.41, 5.74) is 0.275. The molecule has 0 radical (unpaired) electrons. The molecule has 4 nitrogen and oxygen atoms in total. The van der Waals surface area contributed by atoms with Crippen molar-refractivity contribution in [2.24, 2.45) is 29.1 Å². The van der Waals surface area contributed by atoms with Crippen molar-refractivity contribution < 1.29 is 19.1 Å². The predicted molar refractivity (Wildman–Crippen MR) is 102 cm³/mol. The normalized spacial score (nSPS) is 42.7. The molecule has 0 unspecified atom stereocenters. The van der Waals surface area contributed by atoms with Crippen molar-refractivity contribution in [3.8, 4) is 0 Å². The Hall–Kier alpha value is -1.97. The number of ketones is 2. The molecule has 6 atom stereocenters. The maximum atomic E-state index is 12.8. The first kappa shape index (κ1) is 18.4. The SMILES string of the molecule is C=C1C[C@H]2[C@@H]3C=CC4=CC(=O)CC[C@@H]4[C@H]3CC[C@]2(C)[C@@]1(OC(C)=O)C(C)=O. The quantitative estimate of drug-likeness (QED) is 0.547. The Kier molecular flexibility index (Phi) is 4.10. The molecule has 0 aromatic carbocycles. The van der Waals surface area contributed by atoms with Crippen LogP contribution in [-0.2, 0) is 19.1 Å². The fourth-order valence-corrected chi connectivity index (χ4v) is 6.74. The monoisotopic (exact) mass is 368 g/mol. The van der Waals surface area contributed by atoms with Crippen LogP contribution in [-0.4, -0.2) is 23.1 Å². The number of esters is 1. The summed E-state index contributed by atoms with van der Waals surface area (Å²) in [7, 11) is 0. The summed E-state index contributed by atoms with van der Waals surface area (Å²) in [5, 5.41) is 0. The van der Waals surface area contributed by atoms with Crippen molar-refractivity contribution in [1.82, 2.24) is 0 Å². The summed E-state index contributed by atoms with van der Waals surface area (Å²) in [6.07, 6.45) is 10.2. The van der Waals surface area contributed by atoms with Crippen LogP contribution in [0, 0.1) is 29.1 Å². The van der Waals surface area contributed by atoms with E-state index in [4.69, 9.17) is 4.74 Å². The smallest absolute Gasteiger partial charge is 0.303 e. The van der Waals surface area contributed by atoms with Gasteiger partial charge in [0, 0.05) is 18.8 Å². The first-order valence-electron chi connectivity index (χ1n) is 10.0. The second-order valence-corrected chi connectivity index (χ2v) is 9.06. The molecule has 0 aromatic rings. The summed E-state index contributed by atoms with van der Waals surface area (Å²) in [5.74, 6) is 1.15. The number of carbonyl (C=O) groups is 3. The Morgan fingerprint density at radius 2 is 2.00 bits per heavy atom. The molecule has 0 bridgehead atoms. The molecule has 0 amide bonds. The standard InChI is InChI=1S/C23H28O4/c1-13-11-21-20-7-5-16-12-17(26)6-8-18(16)19(20)9-10-22(21,4)23(13,14(2)24)27-15(3)25/h5,7,12,18-21H,1,6,8-11H2,2-4H3/t18-,19+,20+,21-,22-,23-/m0/s1. The van der Waals surface area contributed by atoms with E-state index in [0.29, 0.717) is 30.6 Å². The van der Waals surface area contributed by atoms with E-state index < -0.39 is 17.0 Å². The third-order valence-electron chi connectivity index (χ3n) is 7.82. The van der Waals surface area contributed by atoms with Crippen LogP contribution in [0.3, 0.4) is 0 Å². The summed E-state index contributed by atoms with van der Waals surface area (Å²) in [4.78, 5) is 36.5. The van der Waals surface area contributed by atoms with Gasteiger partial charge in [-0.3, -0.25) is 14.4 Å². The Morgan fingerprint density at radius 1 is 1.26 bits per heavy atom. The molecule has 2 saturated carbocycles. The molecule has 2 fully saturated rings. The van der Waals surface area contributed by atoms with Crippen LogP contribution in [0.1, 0.15) is 52.9 Å². The number of rotatable bonds is 2. The van der Waals surface area contributed by atoms with Crippen molar-refractivity contribution >= 4 is 17.5 Å². The molecule has 0 N–H and O–H groups in total. The predicted octanol–water partition coefficient (Wildman–Crippen LogP) is 3.96. The largest absolute Gasteiger partial charge is 0.446 e. The van der Waals surface area contributed by atoms with Gasteiger partial charge in [-0.1, -0.05) is 25.7 Å². The van der Waals surface area contributed by atoms with Gasteiger partial charge in [0.1, 0.15) is 0 Å². The van der Waals surface area contributed by atoms with Crippen molar-refractivity contribution in [3.63, 3.8) is 0 Å². The number of Topliss-reactive ketones (excluding diaryl/α,β-unsaturated/α-hetero) is 1. The van der Waals surface area contributed by atoms with Gasteiger partial charge in [0.25, 0.3) is 0 Å². The lowest BCUT2D eigenvalue weighted by Crippen LogP contribution is -2.57. The van der Waals surface area contributed by atoms with Crippen LogP contribution in [0.5, 0.6) is 0 Å². The molecule has 4 aliphatic carbocycles. The van der Waals surface area contributed by atoms with Crippen LogP contribution in [0.25, 0.3) is 0 Å². The van der Waals surface area contributed by atoms with Crippen LogP contribution in [0.2, 0.25) is 0 Å². The fourth-order valence-electron chi connectivity index (χ4n) is 6.74. The topological polar surface area (TPSA) is 60.4 Å². The highest BCUT2D eigenvalue weighted by atomic mass is 16.6. The zero-order valence-corrected chi connectivity index (χ0v) is 16.4. The van der Waals surface area contributed by atoms with Gasteiger partial charge >= 0.3 is 5.97 Å². The number of hydrogen-bond donors (Lipinski definition) is 0. The molecular formula is C23H28O4. The Balaban J connectivity index is 1.76. The van der Waals surface area contributed by atoms with E-state index in [1.54, 1.807) is 0 Å². The van der Waals surface area contributed by atoms with E-state index >= 15 is 0 Å². The van der Waals surface area contributed by atoms with Crippen LogP contribution in [0.4, 0.5) is 0 Å². The van der Waals surface area contributed by atoms with Crippen molar-refractivity contribution in [2.45, 2.75) is 58.5 Å². The second kappa shape index (κ2) is 6.02. The van der Waals surface area contributed by atoms with Gasteiger partial charge in [-0.15, -0.1) is 0 Å². The molecule has 0 aromatic heterocycles. The molecule has 144 valence electrons. The summed E-state index contributed by atoms with van der Waals surface area (Å²) in [6.45, 7) is 9.21. The average Bonchev–Trinajstić information content (AvgIpc) is 2.82. The highest BCUT2D eigenvalue weighted by molar-refractivity contribution is 5.93. The highest BCUT2D eigenvalue weighted by Gasteiger charge is 2.68. The van der Waals surface area contributed by atoms with Gasteiger partial charge in [0.15, 0.2) is 17.2 Å². The zero-order chi connectivity index (χ0) is 19.6. The van der Waals surface area contributed by atoms with Gasteiger partial charge in [-0.05, 0) is 73.5 Å². The summed E-state index contributed by atoms with van der Waals surface area (Å²) < 4.78 is 5.78. The fraction of sp³-hybridized carbons (Fsp3) is 0.609. The minimum absolute atomic E-state index is 0.116. The van der Waals surface area contributed by atoms with E-state index in [1.165, 1.54) is 19.4 Å². The molecule has 0 saturated heterocycles. The van der Waals surface area contributed by atoms with Crippen molar-refractivity contribution in [1.29, 1.82) is 0 Å². The maximum absolute atomic E-state index is 12.8. The Bertz CT molecular complexity index is 803. The Morgan fingerprint density at radius 3 is 2.67 bits per heavy atom. The average molecular weight is 368 g/mol. The lowest BCUT2D eigenvalue weighted by Gasteiger charge is -2.53. The van der Waals surface area contributed by atoms with E-state index in [9.17, 15) is 14.4 Å². The van der Waals surface area contributed by atoms with Crippen LogP contribution < -0.4 is 0 Å². The third-order valence-corrected chi connectivity index (χ3v) is 7.82. The van der Waals surface area contributed by atoms with Gasteiger partial charge in [-0.2, -0.15) is 0 Å². The van der Waals surface area contributed by atoms with Crippen molar-refractivity contribution in [2.75, 3.05) is 0 Å². The Labute approximate surface area is 160 Å². The lowest BCUT2D eigenvalue weighted by molar-refractivity contribution is -0.178. The minimum atomic E-state index is -1.21. The van der Waals surface area contributed by atoms with E-state index in [1.807, 2.05) is 6.08 Å². The molecule has 0 aliphatic heterocycles. The highest BCUT2D eigenvalue weighted by Crippen LogP contribution is 2.66. The molecule has 0 spiro atoms. The number of ether oxygens (including phenoxy) is 1. The zero-order valence-electron chi connectivity index (χ0n) is 16.4. The molecule has 4 aliphatic rings. The van der Waals surface area contributed by atoms with Gasteiger partial charge < -0.3 is 4.74 Å². The lowest BCUT2D eigenvalue weighted by atomic mass is 9.51. The van der Waals surface area contributed by atoms with Gasteiger partial charge in [0.05, 0.1) is 0 Å². The van der Waals surface area contributed by atoms with E-state index in [2.05, 4.69) is 25.7 Å². The first-order valence-corrected chi connectivity index (χ1v) is 10.0. The van der Waals surface area contributed by atoms with E-state index in [-0.39, 0.29) is 17.5 Å². The van der Waals surface area contributed by atoms with Crippen molar-refractivity contribution in [3.05, 3.63) is 36.0 Å². The van der Waals surface area contributed by atoms with Crippen LogP contribution in [0.15, 0.2) is 36.0 Å². The molecule has 0 heterocycles. The molecule has 4 rings (SSSR count). The van der Waals surface area contributed by atoms with Crippen LogP contribution >= 0.6 is 0 Å². The number of fused-ring (bicyclic) bond motifs is 5. The number of hydrogen-bond acceptors (Lipinski definition) is 4.